The first kappa shape index (κ1) is 15.4. The molecule has 0 aromatic carbocycles. The third-order valence-corrected chi connectivity index (χ3v) is 3.94. The zero-order valence-corrected chi connectivity index (χ0v) is 11.8. The third-order valence-electron chi connectivity index (χ3n) is 3.94. The van der Waals surface area contributed by atoms with E-state index < -0.39 is 11.5 Å². The van der Waals surface area contributed by atoms with E-state index in [9.17, 15) is 9.90 Å². The lowest BCUT2D eigenvalue weighted by molar-refractivity contribution is -0.154. The van der Waals surface area contributed by atoms with E-state index in [0.717, 1.165) is 32.4 Å². The number of hydrogen-bond donors (Lipinski definition) is 1. The number of ether oxygens (including phenoxy) is 1. The zero-order chi connectivity index (χ0) is 13.4. The zero-order valence-electron chi connectivity index (χ0n) is 11.8. The largest absolute Gasteiger partial charge is 0.480 e. The van der Waals surface area contributed by atoms with Crippen LogP contribution >= 0.6 is 0 Å². The number of carboxylic acid groups (broad SMARTS) is 1. The van der Waals surface area contributed by atoms with E-state index in [0.29, 0.717) is 13.2 Å². The Morgan fingerprint density at radius 3 is 2.39 bits per heavy atom. The van der Waals surface area contributed by atoms with Crippen LogP contribution in [-0.2, 0) is 9.53 Å². The molecule has 0 aromatic rings. The summed E-state index contributed by atoms with van der Waals surface area (Å²) in [4.78, 5) is 13.6. The highest BCUT2D eigenvalue weighted by molar-refractivity contribution is 5.78. The topological polar surface area (TPSA) is 49.8 Å². The van der Waals surface area contributed by atoms with E-state index >= 15 is 0 Å². The average molecular weight is 257 g/mol. The van der Waals surface area contributed by atoms with Gasteiger partial charge in [-0.25, -0.2) is 0 Å². The van der Waals surface area contributed by atoms with Crippen molar-refractivity contribution in [1.29, 1.82) is 0 Å². The summed E-state index contributed by atoms with van der Waals surface area (Å²) < 4.78 is 5.30. The number of carboxylic acids is 1. The monoisotopic (exact) mass is 257 g/mol. The minimum absolute atomic E-state index is 0.651. The number of nitrogens with zero attached hydrogens (tertiary/aromatic N) is 1. The Hall–Kier alpha value is -0.610. The standard InChI is InChI=1S/C14H27NO3/c1-3-4-5-6-7-8-14(2,13(16)17)15-9-11-18-12-10-15/h3-12H2,1-2H3,(H,16,17). The molecule has 0 bridgehead atoms. The highest BCUT2D eigenvalue weighted by Gasteiger charge is 2.39. The van der Waals surface area contributed by atoms with E-state index in [4.69, 9.17) is 4.74 Å². The second-order valence-electron chi connectivity index (χ2n) is 5.34. The fourth-order valence-electron chi connectivity index (χ4n) is 2.53. The van der Waals surface area contributed by atoms with Crippen molar-refractivity contribution in [2.75, 3.05) is 26.3 Å². The number of morpholine rings is 1. The molecule has 1 unspecified atom stereocenters. The maximum atomic E-state index is 11.6. The number of unbranched alkanes of at least 4 members (excludes halogenated alkanes) is 4. The van der Waals surface area contributed by atoms with Crippen LogP contribution in [0.5, 0.6) is 0 Å². The fraction of sp³-hybridized carbons (Fsp3) is 0.929. The van der Waals surface area contributed by atoms with Gasteiger partial charge < -0.3 is 9.84 Å². The lowest BCUT2D eigenvalue weighted by Gasteiger charge is -2.40. The van der Waals surface area contributed by atoms with Crippen molar-refractivity contribution in [3.8, 4) is 0 Å². The molecule has 0 radical (unpaired) electrons. The van der Waals surface area contributed by atoms with Gasteiger partial charge in [-0.2, -0.15) is 0 Å². The average Bonchev–Trinajstić information content (AvgIpc) is 2.39. The highest BCUT2D eigenvalue weighted by atomic mass is 16.5. The van der Waals surface area contributed by atoms with Crippen LogP contribution in [0, 0.1) is 0 Å². The Bertz CT molecular complexity index is 251. The molecule has 1 atom stereocenters. The van der Waals surface area contributed by atoms with Crippen LogP contribution in [-0.4, -0.2) is 47.8 Å². The lowest BCUT2D eigenvalue weighted by atomic mass is 9.91. The normalized spacial score (nSPS) is 20.6. The van der Waals surface area contributed by atoms with Crippen molar-refractivity contribution in [2.45, 2.75) is 57.9 Å². The molecule has 1 fully saturated rings. The molecule has 1 aliphatic heterocycles. The summed E-state index contributed by atoms with van der Waals surface area (Å²) in [6.07, 6.45) is 6.57. The minimum Gasteiger partial charge on any atom is -0.480 e. The van der Waals surface area contributed by atoms with E-state index in [1.165, 1.54) is 19.3 Å². The number of rotatable bonds is 8. The Morgan fingerprint density at radius 2 is 1.83 bits per heavy atom. The lowest BCUT2D eigenvalue weighted by Crippen LogP contribution is -2.56. The molecule has 0 amide bonds. The van der Waals surface area contributed by atoms with Gasteiger partial charge in [-0.15, -0.1) is 0 Å². The summed E-state index contributed by atoms with van der Waals surface area (Å²) in [6, 6.07) is 0. The molecular weight excluding hydrogens is 230 g/mol. The molecule has 4 nitrogen and oxygen atoms in total. The summed E-state index contributed by atoms with van der Waals surface area (Å²) in [5, 5.41) is 9.50. The summed E-state index contributed by atoms with van der Waals surface area (Å²) >= 11 is 0. The highest BCUT2D eigenvalue weighted by Crippen LogP contribution is 2.24. The van der Waals surface area contributed by atoms with E-state index in [1.54, 1.807) is 0 Å². The quantitative estimate of drug-likeness (QED) is 0.679. The molecule has 1 N–H and O–H groups in total. The molecule has 0 aromatic heterocycles. The van der Waals surface area contributed by atoms with Crippen LogP contribution in [0.2, 0.25) is 0 Å². The molecule has 1 heterocycles. The molecule has 18 heavy (non-hydrogen) atoms. The van der Waals surface area contributed by atoms with Gasteiger partial charge in [0.25, 0.3) is 0 Å². The second-order valence-corrected chi connectivity index (χ2v) is 5.34. The van der Waals surface area contributed by atoms with Crippen LogP contribution in [0.15, 0.2) is 0 Å². The first-order valence-corrected chi connectivity index (χ1v) is 7.17. The molecule has 0 spiro atoms. The van der Waals surface area contributed by atoms with Crippen molar-refractivity contribution in [2.24, 2.45) is 0 Å². The predicted molar refractivity (Wildman–Crippen MR) is 71.8 cm³/mol. The Morgan fingerprint density at radius 1 is 1.22 bits per heavy atom. The van der Waals surface area contributed by atoms with Crippen LogP contribution < -0.4 is 0 Å². The first-order valence-electron chi connectivity index (χ1n) is 7.17. The molecule has 1 aliphatic rings. The third kappa shape index (κ3) is 4.25. The SMILES string of the molecule is CCCCCCCC(C)(C(=O)O)N1CCOCC1. The van der Waals surface area contributed by atoms with Gasteiger partial charge in [0.1, 0.15) is 5.54 Å². The fourth-order valence-corrected chi connectivity index (χ4v) is 2.53. The van der Waals surface area contributed by atoms with Gasteiger partial charge >= 0.3 is 5.97 Å². The van der Waals surface area contributed by atoms with Gasteiger partial charge in [0.2, 0.25) is 0 Å². The molecule has 1 saturated heterocycles. The number of hydrogen-bond acceptors (Lipinski definition) is 3. The van der Waals surface area contributed by atoms with Gasteiger partial charge in [0.15, 0.2) is 0 Å². The van der Waals surface area contributed by atoms with E-state index in [1.807, 2.05) is 6.92 Å². The number of carbonyl (C=O) groups is 1. The Balaban J connectivity index is 2.43. The van der Waals surface area contributed by atoms with Crippen LogP contribution in [0.3, 0.4) is 0 Å². The number of aliphatic carboxylic acids is 1. The van der Waals surface area contributed by atoms with Gasteiger partial charge in [0.05, 0.1) is 13.2 Å². The van der Waals surface area contributed by atoms with Gasteiger partial charge in [-0.3, -0.25) is 9.69 Å². The van der Waals surface area contributed by atoms with Crippen molar-refractivity contribution in [1.82, 2.24) is 4.90 Å². The van der Waals surface area contributed by atoms with Gasteiger partial charge in [-0.05, 0) is 13.3 Å². The van der Waals surface area contributed by atoms with E-state index in [-0.39, 0.29) is 0 Å². The maximum Gasteiger partial charge on any atom is 0.323 e. The van der Waals surface area contributed by atoms with Gasteiger partial charge in [-0.1, -0.05) is 39.0 Å². The molecular formula is C14H27NO3. The van der Waals surface area contributed by atoms with Crippen molar-refractivity contribution in [3.63, 3.8) is 0 Å². The molecule has 4 heteroatoms. The Labute approximate surface area is 110 Å². The summed E-state index contributed by atoms with van der Waals surface area (Å²) in [5.74, 6) is -0.695. The van der Waals surface area contributed by atoms with Gasteiger partial charge in [0, 0.05) is 13.1 Å². The molecule has 1 rings (SSSR count). The molecule has 0 aliphatic carbocycles. The van der Waals surface area contributed by atoms with Crippen LogP contribution in [0.1, 0.15) is 52.4 Å². The van der Waals surface area contributed by atoms with Crippen molar-refractivity contribution < 1.29 is 14.6 Å². The van der Waals surface area contributed by atoms with E-state index in [2.05, 4.69) is 11.8 Å². The second kappa shape index (κ2) is 7.74. The minimum atomic E-state index is -0.712. The summed E-state index contributed by atoms with van der Waals surface area (Å²) in [7, 11) is 0. The van der Waals surface area contributed by atoms with Crippen LogP contribution in [0.25, 0.3) is 0 Å². The first-order chi connectivity index (χ1) is 8.61. The van der Waals surface area contributed by atoms with Crippen molar-refractivity contribution in [3.05, 3.63) is 0 Å². The predicted octanol–water partition coefficient (Wildman–Crippen LogP) is 2.52. The Kier molecular flexibility index (Phi) is 6.65. The van der Waals surface area contributed by atoms with Crippen molar-refractivity contribution >= 4 is 5.97 Å². The maximum absolute atomic E-state index is 11.6. The molecule has 106 valence electrons. The summed E-state index contributed by atoms with van der Waals surface area (Å²) in [5.41, 5.74) is -0.712. The molecule has 0 saturated carbocycles. The van der Waals surface area contributed by atoms with Crippen LogP contribution in [0.4, 0.5) is 0 Å². The smallest absolute Gasteiger partial charge is 0.323 e. The summed E-state index contributed by atoms with van der Waals surface area (Å²) in [6.45, 7) is 6.82.